The maximum Gasteiger partial charge on any atom is 0.191 e. The van der Waals surface area contributed by atoms with Gasteiger partial charge in [-0.15, -0.1) is 24.0 Å². The first kappa shape index (κ1) is 25.1. The van der Waals surface area contributed by atoms with Crippen molar-refractivity contribution < 1.29 is 4.74 Å². The van der Waals surface area contributed by atoms with Crippen molar-refractivity contribution in [2.45, 2.75) is 39.2 Å². The van der Waals surface area contributed by atoms with Gasteiger partial charge < -0.3 is 20.3 Å². The summed E-state index contributed by atoms with van der Waals surface area (Å²) >= 11 is 0. The number of nitrogens with zero attached hydrogens (tertiary/aromatic N) is 2. The number of benzene rings is 1. The van der Waals surface area contributed by atoms with Gasteiger partial charge in [-0.2, -0.15) is 0 Å². The smallest absolute Gasteiger partial charge is 0.191 e. The molecule has 1 aromatic rings. The molecule has 0 spiro atoms. The lowest BCUT2D eigenvalue weighted by Gasteiger charge is -2.22. The molecule has 0 aliphatic carbocycles. The second-order valence-corrected chi connectivity index (χ2v) is 6.82. The standard InChI is InChI=1S/C20H36N4O.HI/c1-7-25-19(12-13-24(5)6)15-23-20(21-4)22-14-17(3)18-10-8-16(2)9-11-18;/h8-11,17,19H,7,12-15H2,1-6H3,(H2,21,22,23);1H. The first-order chi connectivity index (χ1) is 12.0. The molecular weight excluding hydrogens is 439 g/mol. The lowest BCUT2D eigenvalue weighted by molar-refractivity contribution is 0.0548. The highest BCUT2D eigenvalue weighted by atomic mass is 127. The first-order valence-electron chi connectivity index (χ1n) is 9.23. The van der Waals surface area contributed by atoms with Gasteiger partial charge in [0.1, 0.15) is 0 Å². The van der Waals surface area contributed by atoms with Crippen molar-refractivity contribution >= 4 is 29.9 Å². The summed E-state index contributed by atoms with van der Waals surface area (Å²) in [6.07, 6.45) is 1.20. The van der Waals surface area contributed by atoms with Crippen LogP contribution in [0.3, 0.4) is 0 Å². The fourth-order valence-corrected chi connectivity index (χ4v) is 2.58. The molecule has 2 N–H and O–H groups in total. The Hall–Kier alpha value is -0.860. The van der Waals surface area contributed by atoms with E-state index in [0.29, 0.717) is 5.92 Å². The number of hydrogen-bond acceptors (Lipinski definition) is 3. The number of rotatable bonds is 10. The van der Waals surface area contributed by atoms with Crippen molar-refractivity contribution in [2.24, 2.45) is 4.99 Å². The molecule has 6 heteroatoms. The molecule has 150 valence electrons. The number of guanidine groups is 1. The molecule has 0 bridgehead atoms. The van der Waals surface area contributed by atoms with Gasteiger partial charge in [0, 0.05) is 33.3 Å². The van der Waals surface area contributed by atoms with Gasteiger partial charge in [-0.25, -0.2) is 0 Å². The normalized spacial score (nSPS) is 13.9. The molecule has 0 aliphatic heterocycles. The van der Waals surface area contributed by atoms with Crippen LogP contribution in [0.1, 0.15) is 37.3 Å². The lowest BCUT2D eigenvalue weighted by Crippen LogP contribution is -2.43. The molecule has 1 rings (SSSR count). The third-order valence-electron chi connectivity index (χ3n) is 4.24. The molecular formula is C20H37IN4O. The van der Waals surface area contributed by atoms with E-state index in [4.69, 9.17) is 4.74 Å². The van der Waals surface area contributed by atoms with Gasteiger partial charge in [0.15, 0.2) is 5.96 Å². The van der Waals surface area contributed by atoms with Gasteiger partial charge in [-0.3, -0.25) is 4.99 Å². The van der Waals surface area contributed by atoms with Crippen LogP contribution in [-0.2, 0) is 4.74 Å². The molecule has 5 nitrogen and oxygen atoms in total. The molecule has 2 atom stereocenters. The SMILES string of the molecule is CCOC(CCN(C)C)CNC(=NC)NCC(C)c1ccc(C)cc1.I. The molecule has 0 saturated carbocycles. The monoisotopic (exact) mass is 476 g/mol. The Kier molecular flexibility index (Phi) is 13.8. The van der Waals surface area contributed by atoms with Gasteiger partial charge in [0.25, 0.3) is 0 Å². The molecule has 0 aromatic heterocycles. The number of aliphatic imine (C=N–C) groups is 1. The Morgan fingerprint density at radius 3 is 2.31 bits per heavy atom. The number of aryl methyl sites for hydroxylation is 1. The molecule has 0 aliphatic rings. The van der Waals surface area contributed by atoms with Gasteiger partial charge in [0.05, 0.1) is 6.10 Å². The van der Waals surface area contributed by atoms with Crippen molar-refractivity contribution in [2.75, 3.05) is 47.4 Å². The van der Waals surface area contributed by atoms with Crippen molar-refractivity contribution in [3.8, 4) is 0 Å². The lowest BCUT2D eigenvalue weighted by atomic mass is 10.0. The van der Waals surface area contributed by atoms with E-state index in [1.54, 1.807) is 7.05 Å². The summed E-state index contributed by atoms with van der Waals surface area (Å²) in [5, 5.41) is 6.81. The van der Waals surface area contributed by atoms with E-state index in [2.05, 4.69) is 72.7 Å². The molecule has 0 amide bonds. The maximum absolute atomic E-state index is 5.82. The zero-order chi connectivity index (χ0) is 18.7. The zero-order valence-electron chi connectivity index (χ0n) is 17.2. The Bertz CT molecular complexity index is 505. The summed E-state index contributed by atoms with van der Waals surface area (Å²) in [5.41, 5.74) is 2.63. The molecule has 0 radical (unpaired) electrons. The van der Waals surface area contributed by atoms with Crippen LogP contribution in [0.2, 0.25) is 0 Å². The number of ether oxygens (including phenoxy) is 1. The summed E-state index contributed by atoms with van der Waals surface area (Å²) < 4.78 is 5.82. The summed E-state index contributed by atoms with van der Waals surface area (Å²) in [4.78, 5) is 6.51. The van der Waals surface area contributed by atoms with E-state index in [-0.39, 0.29) is 30.1 Å². The maximum atomic E-state index is 5.82. The third kappa shape index (κ3) is 10.3. The zero-order valence-corrected chi connectivity index (χ0v) is 19.5. The van der Waals surface area contributed by atoms with Crippen LogP contribution in [0.5, 0.6) is 0 Å². The van der Waals surface area contributed by atoms with Crippen molar-refractivity contribution in [3.63, 3.8) is 0 Å². The minimum Gasteiger partial charge on any atom is -0.377 e. The van der Waals surface area contributed by atoms with Crippen LogP contribution in [0.15, 0.2) is 29.3 Å². The predicted octanol–water partition coefficient (Wildman–Crippen LogP) is 3.24. The average Bonchev–Trinajstić information content (AvgIpc) is 2.59. The Balaban J connectivity index is 0.00000625. The van der Waals surface area contributed by atoms with Crippen molar-refractivity contribution in [1.82, 2.24) is 15.5 Å². The Morgan fingerprint density at radius 2 is 1.77 bits per heavy atom. The van der Waals surface area contributed by atoms with E-state index < -0.39 is 0 Å². The van der Waals surface area contributed by atoms with Crippen molar-refractivity contribution in [1.29, 1.82) is 0 Å². The molecule has 1 aromatic carbocycles. The highest BCUT2D eigenvalue weighted by Gasteiger charge is 2.11. The van der Waals surface area contributed by atoms with Crippen LogP contribution in [-0.4, -0.2) is 64.3 Å². The Labute approximate surface area is 177 Å². The summed E-state index contributed by atoms with van der Waals surface area (Å²) in [7, 11) is 5.98. The average molecular weight is 476 g/mol. The van der Waals surface area contributed by atoms with Gasteiger partial charge in [0.2, 0.25) is 0 Å². The number of hydrogen-bond donors (Lipinski definition) is 2. The van der Waals surface area contributed by atoms with Gasteiger partial charge in [-0.1, -0.05) is 36.8 Å². The van der Waals surface area contributed by atoms with E-state index in [1.807, 2.05) is 6.92 Å². The second kappa shape index (κ2) is 14.2. The topological polar surface area (TPSA) is 48.9 Å². The molecule has 0 fully saturated rings. The highest BCUT2D eigenvalue weighted by Crippen LogP contribution is 2.14. The van der Waals surface area contributed by atoms with Crippen LogP contribution in [0.25, 0.3) is 0 Å². The predicted molar refractivity (Wildman–Crippen MR) is 123 cm³/mol. The van der Waals surface area contributed by atoms with Crippen LogP contribution >= 0.6 is 24.0 Å². The largest absolute Gasteiger partial charge is 0.377 e. The quantitative estimate of drug-likeness (QED) is 0.309. The third-order valence-corrected chi connectivity index (χ3v) is 4.24. The fraction of sp³-hybridized carbons (Fsp3) is 0.650. The highest BCUT2D eigenvalue weighted by molar-refractivity contribution is 14.0. The van der Waals surface area contributed by atoms with Crippen LogP contribution < -0.4 is 10.6 Å². The van der Waals surface area contributed by atoms with Gasteiger partial charge in [-0.05, 0) is 45.8 Å². The number of halogens is 1. The van der Waals surface area contributed by atoms with E-state index in [1.165, 1.54) is 11.1 Å². The minimum atomic E-state index is 0. The summed E-state index contributed by atoms with van der Waals surface area (Å²) in [5.74, 6) is 1.25. The second-order valence-electron chi connectivity index (χ2n) is 6.82. The first-order valence-corrected chi connectivity index (χ1v) is 9.23. The van der Waals surface area contributed by atoms with Gasteiger partial charge >= 0.3 is 0 Å². The molecule has 26 heavy (non-hydrogen) atoms. The summed E-state index contributed by atoms with van der Waals surface area (Å²) in [6.45, 7) is 9.74. The van der Waals surface area contributed by atoms with E-state index in [9.17, 15) is 0 Å². The summed E-state index contributed by atoms with van der Waals surface area (Å²) in [6, 6.07) is 8.72. The van der Waals surface area contributed by atoms with E-state index >= 15 is 0 Å². The number of nitrogens with one attached hydrogen (secondary N) is 2. The van der Waals surface area contributed by atoms with E-state index in [0.717, 1.165) is 38.6 Å². The van der Waals surface area contributed by atoms with Crippen LogP contribution in [0.4, 0.5) is 0 Å². The molecule has 2 unspecified atom stereocenters. The molecule has 0 heterocycles. The molecule has 0 saturated heterocycles. The fourth-order valence-electron chi connectivity index (χ4n) is 2.58. The van der Waals surface area contributed by atoms with Crippen LogP contribution in [0, 0.1) is 6.92 Å². The Morgan fingerprint density at radius 1 is 1.15 bits per heavy atom. The van der Waals surface area contributed by atoms with Crippen molar-refractivity contribution in [3.05, 3.63) is 35.4 Å². The minimum absolute atomic E-state index is 0.